The summed E-state index contributed by atoms with van der Waals surface area (Å²) in [6.45, 7) is 3.22. The van der Waals surface area contributed by atoms with E-state index in [1.807, 2.05) is 37.3 Å². The number of aliphatic hydroxyl groups is 1. The van der Waals surface area contributed by atoms with Gasteiger partial charge in [0.25, 0.3) is 0 Å². The zero-order chi connectivity index (χ0) is 13.2. The molecule has 0 radical (unpaired) electrons. The Bertz CT molecular complexity index is 341. The molecule has 1 unspecified atom stereocenters. The van der Waals surface area contributed by atoms with Crippen molar-refractivity contribution < 1.29 is 9.90 Å². The Morgan fingerprint density at radius 3 is 2.67 bits per heavy atom. The lowest BCUT2D eigenvalue weighted by molar-refractivity contribution is -0.120. The van der Waals surface area contributed by atoms with Crippen LogP contribution in [0.1, 0.15) is 18.9 Å². The van der Waals surface area contributed by atoms with E-state index in [2.05, 4.69) is 10.6 Å². The van der Waals surface area contributed by atoms with Crippen LogP contribution in [0.25, 0.3) is 0 Å². The molecule has 3 N–H and O–H groups in total. The fourth-order valence-corrected chi connectivity index (χ4v) is 1.78. The summed E-state index contributed by atoms with van der Waals surface area (Å²) in [5.74, 6) is 0.0430. The zero-order valence-corrected chi connectivity index (χ0v) is 10.9. The maximum Gasteiger partial charge on any atom is 0.221 e. The van der Waals surface area contributed by atoms with Crippen LogP contribution in [0.5, 0.6) is 0 Å². The standard InChI is InChI=1S/C14H22N2O2/c1-2-15-14(18)8-9-16-13(11-17)10-12-6-4-3-5-7-12/h3-7,13,16-17H,2,8-11H2,1H3,(H,15,18). The van der Waals surface area contributed by atoms with Crippen molar-refractivity contribution in [2.24, 2.45) is 0 Å². The van der Waals surface area contributed by atoms with E-state index >= 15 is 0 Å². The summed E-state index contributed by atoms with van der Waals surface area (Å²) in [5.41, 5.74) is 1.18. The molecule has 0 aliphatic heterocycles. The van der Waals surface area contributed by atoms with Gasteiger partial charge in [-0.05, 0) is 18.9 Å². The predicted octanol–water partition coefficient (Wildman–Crippen LogP) is 0.706. The van der Waals surface area contributed by atoms with Crippen molar-refractivity contribution in [3.05, 3.63) is 35.9 Å². The van der Waals surface area contributed by atoms with Gasteiger partial charge in [0.2, 0.25) is 5.91 Å². The van der Waals surface area contributed by atoms with Gasteiger partial charge in [0.15, 0.2) is 0 Å². The Kier molecular flexibility index (Phi) is 7.06. The average Bonchev–Trinajstić information content (AvgIpc) is 2.39. The minimum Gasteiger partial charge on any atom is -0.395 e. The van der Waals surface area contributed by atoms with Gasteiger partial charge in [-0.15, -0.1) is 0 Å². The SMILES string of the molecule is CCNC(=O)CCNC(CO)Cc1ccccc1. The number of hydrogen-bond acceptors (Lipinski definition) is 3. The molecule has 0 saturated carbocycles. The van der Waals surface area contributed by atoms with Crippen molar-refractivity contribution in [3.63, 3.8) is 0 Å². The van der Waals surface area contributed by atoms with Gasteiger partial charge in [-0.25, -0.2) is 0 Å². The Labute approximate surface area is 108 Å². The first kappa shape index (κ1) is 14.7. The molecule has 0 spiro atoms. The number of amides is 1. The van der Waals surface area contributed by atoms with Gasteiger partial charge in [0.05, 0.1) is 6.61 Å². The third kappa shape index (κ3) is 5.80. The molecule has 4 heteroatoms. The van der Waals surface area contributed by atoms with Crippen LogP contribution in [0.4, 0.5) is 0 Å². The summed E-state index contributed by atoms with van der Waals surface area (Å²) in [6, 6.07) is 10.0. The number of aliphatic hydroxyl groups excluding tert-OH is 1. The zero-order valence-electron chi connectivity index (χ0n) is 10.9. The van der Waals surface area contributed by atoms with Crippen molar-refractivity contribution in [2.45, 2.75) is 25.8 Å². The number of nitrogens with one attached hydrogen (secondary N) is 2. The average molecular weight is 250 g/mol. The monoisotopic (exact) mass is 250 g/mol. The molecule has 1 aromatic rings. The second-order valence-electron chi connectivity index (χ2n) is 4.23. The molecule has 100 valence electrons. The molecule has 0 aliphatic rings. The summed E-state index contributed by atoms with van der Waals surface area (Å²) in [5, 5.41) is 15.2. The summed E-state index contributed by atoms with van der Waals surface area (Å²) in [4.78, 5) is 11.3. The van der Waals surface area contributed by atoms with Crippen LogP contribution in [0.2, 0.25) is 0 Å². The first-order valence-corrected chi connectivity index (χ1v) is 6.41. The molecule has 0 aromatic heterocycles. The normalized spacial score (nSPS) is 12.1. The van der Waals surface area contributed by atoms with Crippen molar-refractivity contribution in [1.29, 1.82) is 0 Å². The largest absolute Gasteiger partial charge is 0.395 e. The first-order chi connectivity index (χ1) is 8.76. The molecule has 0 heterocycles. The molecule has 1 aromatic carbocycles. The number of rotatable bonds is 8. The Balaban J connectivity index is 2.28. The summed E-state index contributed by atoms with van der Waals surface area (Å²) in [7, 11) is 0. The van der Waals surface area contributed by atoms with E-state index in [0.717, 1.165) is 6.42 Å². The topological polar surface area (TPSA) is 61.4 Å². The lowest BCUT2D eigenvalue weighted by Gasteiger charge is -2.16. The van der Waals surface area contributed by atoms with Crippen molar-refractivity contribution in [1.82, 2.24) is 10.6 Å². The summed E-state index contributed by atoms with van der Waals surface area (Å²) >= 11 is 0. The number of hydrogen-bond donors (Lipinski definition) is 3. The minimum atomic E-state index is 0.00169. The smallest absolute Gasteiger partial charge is 0.221 e. The highest BCUT2D eigenvalue weighted by Gasteiger charge is 2.08. The fraction of sp³-hybridized carbons (Fsp3) is 0.500. The highest BCUT2D eigenvalue weighted by atomic mass is 16.3. The van der Waals surface area contributed by atoms with Crippen molar-refractivity contribution >= 4 is 5.91 Å². The van der Waals surface area contributed by atoms with E-state index in [4.69, 9.17) is 0 Å². The molecule has 0 bridgehead atoms. The quantitative estimate of drug-likeness (QED) is 0.636. The van der Waals surface area contributed by atoms with Gasteiger partial charge in [0, 0.05) is 25.6 Å². The van der Waals surface area contributed by atoms with Crippen LogP contribution in [0.15, 0.2) is 30.3 Å². The van der Waals surface area contributed by atoms with Gasteiger partial charge in [-0.3, -0.25) is 4.79 Å². The molecule has 0 saturated heterocycles. The van der Waals surface area contributed by atoms with E-state index < -0.39 is 0 Å². The maximum absolute atomic E-state index is 11.3. The van der Waals surface area contributed by atoms with Gasteiger partial charge < -0.3 is 15.7 Å². The Hall–Kier alpha value is -1.39. The van der Waals surface area contributed by atoms with E-state index in [1.165, 1.54) is 5.56 Å². The molecule has 0 fully saturated rings. The third-order valence-electron chi connectivity index (χ3n) is 2.70. The highest BCUT2D eigenvalue weighted by Crippen LogP contribution is 2.02. The first-order valence-electron chi connectivity index (χ1n) is 6.41. The molecule has 1 rings (SSSR count). The van der Waals surface area contributed by atoms with Gasteiger partial charge in [0.1, 0.15) is 0 Å². The lowest BCUT2D eigenvalue weighted by atomic mass is 10.1. The van der Waals surface area contributed by atoms with Crippen LogP contribution >= 0.6 is 0 Å². The van der Waals surface area contributed by atoms with Crippen LogP contribution in [0, 0.1) is 0 Å². The van der Waals surface area contributed by atoms with Crippen LogP contribution in [-0.2, 0) is 11.2 Å². The Morgan fingerprint density at radius 2 is 2.06 bits per heavy atom. The molecule has 4 nitrogen and oxygen atoms in total. The fourth-order valence-electron chi connectivity index (χ4n) is 1.78. The Morgan fingerprint density at radius 1 is 1.33 bits per heavy atom. The molecular formula is C14H22N2O2. The molecular weight excluding hydrogens is 228 g/mol. The molecule has 1 amide bonds. The molecule has 0 aliphatic carbocycles. The third-order valence-corrected chi connectivity index (χ3v) is 2.70. The molecule has 18 heavy (non-hydrogen) atoms. The van der Waals surface area contributed by atoms with E-state index in [1.54, 1.807) is 0 Å². The second-order valence-corrected chi connectivity index (χ2v) is 4.23. The van der Waals surface area contributed by atoms with Crippen LogP contribution in [0.3, 0.4) is 0 Å². The van der Waals surface area contributed by atoms with Gasteiger partial charge in [-0.1, -0.05) is 30.3 Å². The van der Waals surface area contributed by atoms with Crippen molar-refractivity contribution in [3.8, 4) is 0 Å². The summed E-state index contributed by atoms with van der Waals surface area (Å²) < 4.78 is 0. The van der Waals surface area contributed by atoms with Crippen LogP contribution in [-0.4, -0.2) is 36.8 Å². The number of carbonyl (C=O) groups excluding carboxylic acids is 1. The minimum absolute atomic E-state index is 0.00169. The highest BCUT2D eigenvalue weighted by molar-refractivity contribution is 5.75. The summed E-state index contributed by atoms with van der Waals surface area (Å²) in [6.07, 6.45) is 1.21. The number of benzene rings is 1. The van der Waals surface area contributed by atoms with Gasteiger partial charge >= 0.3 is 0 Å². The molecule has 1 atom stereocenters. The van der Waals surface area contributed by atoms with Crippen molar-refractivity contribution in [2.75, 3.05) is 19.7 Å². The van der Waals surface area contributed by atoms with E-state index in [0.29, 0.717) is 19.5 Å². The second kappa shape index (κ2) is 8.66. The van der Waals surface area contributed by atoms with Crippen LogP contribution < -0.4 is 10.6 Å². The number of carbonyl (C=O) groups is 1. The van der Waals surface area contributed by atoms with E-state index in [-0.39, 0.29) is 18.6 Å². The van der Waals surface area contributed by atoms with Gasteiger partial charge in [-0.2, -0.15) is 0 Å². The lowest BCUT2D eigenvalue weighted by Crippen LogP contribution is -2.37. The predicted molar refractivity (Wildman–Crippen MR) is 72.3 cm³/mol. The maximum atomic E-state index is 11.3. The van der Waals surface area contributed by atoms with E-state index in [9.17, 15) is 9.90 Å².